The normalized spacial score (nSPS) is 18.6. The number of halogens is 5. The highest BCUT2D eigenvalue weighted by molar-refractivity contribution is 5.92. The Kier molecular flexibility index (Phi) is 5.66. The molecule has 0 spiro atoms. The molecule has 0 atom stereocenters. The van der Waals surface area contributed by atoms with E-state index in [0.717, 1.165) is 13.2 Å². The van der Waals surface area contributed by atoms with Gasteiger partial charge in [0.25, 0.3) is 0 Å². The number of ether oxygens (including phenoxy) is 2. The number of carbonyl (C=O) groups excluding carboxylic acids is 2. The van der Waals surface area contributed by atoms with E-state index in [9.17, 15) is 31.5 Å². The highest BCUT2D eigenvalue weighted by Gasteiger charge is 2.59. The van der Waals surface area contributed by atoms with E-state index in [0.29, 0.717) is 24.1 Å². The van der Waals surface area contributed by atoms with Crippen molar-refractivity contribution in [1.82, 2.24) is 10.2 Å². The quantitative estimate of drug-likeness (QED) is 0.702. The van der Waals surface area contributed by atoms with Crippen molar-refractivity contribution in [1.29, 1.82) is 0 Å². The Morgan fingerprint density at radius 3 is 2.48 bits per heavy atom. The van der Waals surface area contributed by atoms with Crippen LogP contribution >= 0.6 is 0 Å². The molecule has 0 radical (unpaired) electrons. The van der Waals surface area contributed by atoms with Crippen LogP contribution < -0.4 is 10.1 Å². The van der Waals surface area contributed by atoms with Crippen molar-refractivity contribution in [2.45, 2.75) is 44.4 Å². The molecule has 1 aromatic rings. The van der Waals surface area contributed by atoms with Crippen LogP contribution in [0.1, 0.15) is 37.8 Å². The van der Waals surface area contributed by atoms with Crippen LogP contribution in [0.15, 0.2) is 23.8 Å². The molecule has 2 heterocycles. The van der Waals surface area contributed by atoms with Crippen molar-refractivity contribution in [2.24, 2.45) is 0 Å². The van der Waals surface area contributed by atoms with Gasteiger partial charge in [-0.2, -0.15) is 22.0 Å². The van der Waals surface area contributed by atoms with Crippen molar-refractivity contribution in [3.05, 3.63) is 34.9 Å². The number of hydrogen-bond donors (Lipinski definition) is 1. The molecule has 170 valence electrons. The Labute approximate surface area is 175 Å². The fourth-order valence-corrected chi connectivity index (χ4v) is 3.67. The van der Waals surface area contributed by atoms with Crippen LogP contribution in [0.25, 0.3) is 5.70 Å². The molecule has 0 bridgehead atoms. The average molecular weight is 448 g/mol. The third-order valence-corrected chi connectivity index (χ3v) is 5.27. The van der Waals surface area contributed by atoms with Gasteiger partial charge in [-0.05, 0) is 38.5 Å². The van der Waals surface area contributed by atoms with E-state index in [1.54, 1.807) is 13.8 Å². The molecule has 0 aliphatic carbocycles. The number of alkyl halides is 5. The van der Waals surface area contributed by atoms with Gasteiger partial charge in [0.2, 0.25) is 5.91 Å². The summed E-state index contributed by atoms with van der Waals surface area (Å²) in [5.41, 5.74) is -1.94. The van der Waals surface area contributed by atoms with Crippen molar-refractivity contribution in [2.75, 3.05) is 20.2 Å². The summed E-state index contributed by atoms with van der Waals surface area (Å²) < 4.78 is 77.3. The number of benzene rings is 1. The molecule has 3 rings (SSSR count). The monoisotopic (exact) mass is 448 g/mol. The topological polar surface area (TPSA) is 67.9 Å². The molecular formula is C20H21F5N2O4. The Morgan fingerprint density at radius 1 is 1.26 bits per heavy atom. The van der Waals surface area contributed by atoms with Gasteiger partial charge in [-0.25, -0.2) is 4.79 Å². The van der Waals surface area contributed by atoms with E-state index in [-0.39, 0.29) is 42.4 Å². The number of nitrogens with one attached hydrogen (secondary N) is 1. The molecule has 6 nitrogen and oxygen atoms in total. The molecule has 31 heavy (non-hydrogen) atoms. The van der Waals surface area contributed by atoms with E-state index in [4.69, 9.17) is 4.74 Å². The Hall–Kier alpha value is -2.85. The van der Waals surface area contributed by atoms with Gasteiger partial charge >= 0.3 is 18.2 Å². The highest BCUT2D eigenvalue weighted by atomic mass is 19.4. The zero-order chi connectivity index (χ0) is 23.2. The lowest BCUT2D eigenvalue weighted by molar-refractivity contribution is -0.289. The van der Waals surface area contributed by atoms with Crippen molar-refractivity contribution in [3.63, 3.8) is 0 Å². The highest BCUT2D eigenvalue weighted by Crippen LogP contribution is 2.48. The minimum atomic E-state index is -5.79. The zero-order valence-electron chi connectivity index (χ0n) is 17.0. The van der Waals surface area contributed by atoms with Crippen LogP contribution in [-0.2, 0) is 15.5 Å². The zero-order valence-corrected chi connectivity index (χ0v) is 17.0. The third-order valence-electron chi connectivity index (χ3n) is 5.27. The van der Waals surface area contributed by atoms with Crippen LogP contribution in [0.5, 0.6) is 5.75 Å². The van der Waals surface area contributed by atoms with Gasteiger partial charge in [0, 0.05) is 36.2 Å². The minimum Gasteiger partial charge on any atom is -0.483 e. The molecule has 1 N–H and O–H groups in total. The van der Waals surface area contributed by atoms with E-state index in [2.05, 4.69) is 10.1 Å². The lowest BCUT2D eigenvalue weighted by Crippen LogP contribution is -2.43. The number of amides is 2. The van der Waals surface area contributed by atoms with Crippen molar-refractivity contribution < 1.29 is 41.0 Å². The first-order valence-electron chi connectivity index (χ1n) is 9.44. The molecule has 1 fully saturated rings. The van der Waals surface area contributed by atoms with Gasteiger partial charge in [0.1, 0.15) is 11.4 Å². The molecule has 11 heteroatoms. The summed E-state index contributed by atoms with van der Waals surface area (Å²) in [7, 11) is 1.15. The number of rotatable bonds is 4. The number of alkyl carbamates (subject to hydrolysis) is 1. The lowest BCUT2D eigenvalue weighted by atomic mass is 9.87. The second-order valence-corrected chi connectivity index (χ2v) is 7.72. The molecular weight excluding hydrogens is 427 g/mol. The standard InChI is InChI=1S/C20H21F5N2O4/c1-18(2)13(10-26-17(29)30-3)16(27-8-4-5-15(27)28)12-9-11(6-7-14(12)31-18)19(21,22)20(23,24)25/h6-7,9H,4-5,8,10H2,1-3H3,(H,26,29). The van der Waals surface area contributed by atoms with Gasteiger partial charge in [-0.15, -0.1) is 0 Å². The molecule has 1 saturated heterocycles. The van der Waals surface area contributed by atoms with Crippen LogP contribution in [0.2, 0.25) is 0 Å². The lowest BCUT2D eigenvalue weighted by Gasteiger charge is -2.40. The second kappa shape index (κ2) is 7.69. The van der Waals surface area contributed by atoms with Gasteiger partial charge < -0.3 is 19.7 Å². The molecule has 2 aliphatic heterocycles. The van der Waals surface area contributed by atoms with E-state index < -0.39 is 29.4 Å². The summed E-state index contributed by atoms with van der Waals surface area (Å²) in [5, 5.41) is 2.46. The predicted octanol–water partition coefficient (Wildman–Crippen LogP) is 4.20. The summed E-state index contributed by atoms with van der Waals surface area (Å²) in [5.74, 6) is -5.34. The minimum absolute atomic E-state index is 0.0586. The summed E-state index contributed by atoms with van der Waals surface area (Å²) in [4.78, 5) is 25.4. The first kappa shape index (κ1) is 22.8. The predicted molar refractivity (Wildman–Crippen MR) is 99.4 cm³/mol. The Bertz CT molecular complexity index is 940. The van der Waals surface area contributed by atoms with Crippen LogP contribution in [0.3, 0.4) is 0 Å². The summed E-state index contributed by atoms with van der Waals surface area (Å²) >= 11 is 0. The molecule has 2 aliphatic rings. The maximum absolute atomic E-state index is 14.0. The van der Waals surface area contributed by atoms with Gasteiger partial charge in [0.05, 0.1) is 12.8 Å². The smallest absolute Gasteiger partial charge is 0.458 e. The number of likely N-dealkylation sites (tertiary alicyclic amines) is 1. The number of methoxy groups -OCH3 is 1. The number of hydrogen-bond acceptors (Lipinski definition) is 4. The first-order chi connectivity index (χ1) is 14.3. The SMILES string of the molecule is COC(=O)NCC1=C(N2CCCC2=O)c2cc(C(F)(F)C(F)(F)F)ccc2OC1(C)C. The molecule has 2 amide bonds. The van der Waals surface area contributed by atoms with E-state index in [1.807, 2.05) is 0 Å². The molecule has 1 aromatic carbocycles. The Morgan fingerprint density at radius 2 is 1.94 bits per heavy atom. The average Bonchev–Trinajstić information content (AvgIpc) is 3.09. The first-order valence-corrected chi connectivity index (χ1v) is 9.44. The Balaban J connectivity index is 2.21. The van der Waals surface area contributed by atoms with E-state index >= 15 is 0 Å². The van der Waals surface area contributed by atoms with Crippen LogP contribution in [0, 0.1) is 0 Å². The molecule has 0 aromatic heterocycles. The largest absolute Gasteiger partial charge is 0.483 e. The summed E-state index contributed by atoms with van der Waals surface area (Å²) in [6.07, 6.45) is -5.87. The summed E-state index contributed by atoms with van der Waals surface area (Å²) in [6, 6.07) is 2.39. The third kappa shape index (κ3) is 4.05. The fraction of sp³-hybridized carbons (Fsp3) is 0.500. The van der Waals surface area contributed by atoms with Crippen molar-refractivity contribution in [3.8, 4) is 5.75 Å². The number of fused-ring (bicyclic) bond motifs is 1. The van der Waals surface area contributed by atoms with Crippen molar-refractivity contribution >= 4 is 17.7 Å². The van der Waals surface area contributed by atoms with Crippen LogP contribution in [0.4, 0.5) is 26.7 Å². The van der Waals surface area contributed by atoms with Crippen LogP contribution in [-0.4, -0.2) is 48.9 Å². The maximum atomic E-state index is 14.0. The molecule has 0 saturated carbocycles. The maximum Gasteiger partial charge on any atom is 0.458 e. The molecule has 0 unspecified atom stereocenters. The van der Waals surface area contributed by atoms with Gasteiger partial charge in [-0.1, -0.05) is 0 Å². The van der Waals surface area contributed by atoms with E-state index in [1.165, 1.54) is 4.90 Å². The van der Waals surface area contributed by atoms with Gasteiger partial charge in [-0.3, -0.25) is 4.79 Å². The number of nitrogens with zero attached hydrogens (tertiary/aromatic N) is 1. The second-order valence-electron chi connectivity index (χ2n) is 7.72. The number of carbonyl (C=O) groups is 2. The fourth-order valence-electron chi connectivity index (χ4n) is 3.67. The summed E-state index contributed by atoms with van der Waals surface area (Å²) in [6.45, 7) is 3.37. The van der Waals surface area contributed by atoms with Gasteiger partial charge in [0.15, 0.2) is 0 Å².